The van der Waals surface area contributed by atoms with Gasteiger partial charge in [0.2, 0.25) is 11.8 Å². The monoisotopic (exact) mass is 396 g/mol. The van der Waals surface area contributed by atoms with Gasteiger partial charge < -0.3 is 25.2 Å². The third-order valence-corrected chi connectivity index (χ3v) is 5.65. The Morgan fingerprint density at radius 3 is 2.00 bits per heavy atom. The molecular formula is C18H15F3N2O5. The van der Waals surface area contributed by atoms with E-state index in [0.29, 0.717) is 6.07 Å². The predicted octanol–water partition coefficient (Wildman–Crippen LogP) is 1.97. The molecule has 2 unspecified atom stereocenters. The number of fused-ring (bicyclic) bond motifs is 5. The first-order valence-corrected chi connectivity index (χ1v) is 8.23. The van der Waals surface area contributed by atoms with Crippen molar-refractivity contribution >= 4 is 0 Å². The van der Waals surface area contributed by atoms with Crippen LogP contribution in [0.3, 0.4) is 0 Å². The summed E-state index contributed by atoms with van der Waals surface area (Å²) in [5.41, 5.74) is -5.22. The number of nitriles is 1. The van der Waals surface area contributed by atoms with Crippen molar-refractivity contribution in [2.45, 2.75) is 43.4 Å². The number of hydrogen-bond acceptors (Lipinski definition) is 6. The van der Waals surface area contributed by atoms with Crippen molar-refractivity contribution in [2.24, 2.45) is 0 Å². The molecule has 4 rings (SSSR count). The zero-order valence-electron chi connectivity index (χ0n) is 14.6. The van der Waals surface area contributed by atoms with Crippen LogP contribution in [0.15, 0.2) is 18.2 Å². The Labute approximate surface area is 156 Å². The Hall–Kier alpha value is -2.74. The van der Waals surface area contributed by atoms with E-state index in [2.05, 4.69) is 0 Å². The van der Waals surface area contributed by atoms with Crippen LogP contribution in [0.2, 0.25) is 0 Å². The van der Waals surface area contributed by atoms with Crippen LogP contribution < -0.4 is 0 Å². The van der Waals surface area contributed by atoms with E-state index >= 15 is 0 Å². The van der Waals surface area contributed by atoms with Gasteiger partial charge in [0.15, 0.2) is 0 Å². The van der Waals surface area contributed by atoms with E-state index in [-0.39, 0.29) is 16.8 Å². The maximum absolute atomic E-state index is 13.3. The molecule has 0 saturated carbocycles. The van der Waals surface area contributed by atoms with Crippen molar-refractivity contribution in [1.82, 2.24) is 4.57 Å². The molecular weight excluding hydrogens is 381 g/mol. The molecule has 2 aliphatic rings. The van der Waals surface area contributed by atoms with E-state index in [1.165, 1.54) is 19.9 Å². The third-order valence-electron chi connectivity index (χ3n) is 5.65. The summed E-state index contributed by atoms with van der Waals surface area (Å²) in [6.45, 7) is 2.81. The Bertz CT molecular complexity index is 1010. The lowest BCUT2D eigenvalue weighted by atomic mass is 9.76. The van der Waals surface area contributed by atoms with Gasteiger partial charge in [-0.05, 0) is 32.0 Å². The molecule has 2 bridgehead atoms. The number of nitrogens with zero attached hydrogens (tertiary/aromatic N) is 2. The lowest BCUT2D eigenvalue weighted by Gasteiger charge is -2.29. The highest BCUT2D eigenvalue weighted by Crippen LogP contribution is 2.64. The van der Waals surface area contributed by atoms with Gasteiger partial charge in [0.1, 0.15) is 23.4 Å². The van der Waals surface area contributed by atoms with Crippen molar-refractivity contribution in [1.29, 1.82) is 5.26 Å². The number of alkyl halides is 3. The Morgan fingerprint density at radius 1 is 1.07 bits per heavy atom. The number of rotatable bonds is 1. The van der Waals surface area contributed by atoms with Crippen LogP contribution in [0.5, 0.6) is 11.8 Å². The predicted molar refractivity (Wildman–Crippen MR) is 86.6 cm³/mol. The number of ether oxygens (including phenoxy) is 1. The van der Waals surface area contributed by atoms with Crippen LogP contribution in [0.1, 0.15) is 36.1 Å². The van der Waals surface area contributed by atoms with Crippen molar-refractivity contribution in [2.75, 3.05) is 0 Å². The summed E-state index contributed by atoms with van der Waals surface area (Å²) >= 11 is 0. The molecule has 0 aliphatic carbocycles. The van der Waals surface area contributed by atoms with Gasteiger partial charge in [0.25, 0.3) is 0 Å². The van der Waals surface area contributed by atoms with Crippen LogP contribution in [-0.2, 0) is 22.1 Å². The van der Waals surface area contributed by atoms with Crippen LogP contribution in [0, 0.1) is 11.3 Å². The van der Waals surface area contributed by atoms with Crippen molar-refractivity contribution < 1.29 is 38.3 Å². The van der Waals surface area contributed by atoms with Crippen molar-refractivity contribution in [3.8, 4) is 23.5 Å². The molecule has 148 valence electrons. The topological polar surface area (TPSA) is 119 Å². The summed E-state index contributed by atoms with van der Waals surface area (Å²) in [6.07, 6.45) is -7.66. The number of aromatic nitrogens is 1. The Morgan fingerprint density at radius 2 is 1.57 bits per heavy atom. The maximum Gasteiger partial charge on any atom is 0.417 e. The second kappa shape index (κ2) is 5.20. The summed E-state index contributed by atoms with van der Waals surface area (Å²) in [6, 6.07) is 4.16. The highest BCUT2D eigenvalue weighted by atomic mass is 19.4. The van der Waals surface area contributed by atoms with Crippen LogP contribution in [0.4, 0.5) is 13.2 Å². The Kier molecular flexibility index (Phi) is 3.45. The van der Waals surface area contributed by atoms with Crippen LogP contribution in [-0.4, -0.2) is 37.2 Å². The molecule has 3 heterocycles. The average Bonchev–Trinajstić information content (AvgIpc) is 3.10. The highest BCUT2D eigenvalue weighted by Gasteiger charge is 2.69. The van der Waals surface area contributed by atoms with Gasteiger partial charge in [-0.1, -0.05) is 0 Å². The average molecular weight is 396 g/mol. The van der Waals surface area contributed by atoms with E-state index in [0.717, 1.165) is 16.7 Å². The first kappa shape index (κ1) is 18.6. The van der Waals surface area contributed by atoms with Crippen molar-refractivity contribution in [3.63, 3.8) is 0 Å². The van der Waals surface area contributed by atoms with Gasteiger partial charge >= 0.3 is 6.18 Å². The number of halogens is 3. The van der Waals surface area contributed by atoms with Gasteiger partial charge in [-0.25, -0.2) is 0 Å². The molecule has 4 N–H and O–H groups in total. The summed E-state index contributed by atoms with van der Waals surface area (Å²) in [5.74, 6) is -1.25. The van der Waals surface area contributed by atoms with E-state index in [1.54, 1.807) is 0 Å². The number of aromatic hydroxyl groups is 2. The zero-order chi connectivity index (χ0) is 20.8. The summed E-state index contributed by atoms with van der Waals surface area (Å²) in [7, 11) is 0. The second-order valence-electron chi connectivity index (χ2n) is 7.28. The van der Waals surface area contributed by atoms with Gasteiger partial charge in [-0.15, -0.1) is 0 Å². The lowest BCUT2D eigenvalue weighted by molar-refractivity contribution is -0.137. The molecule has 1 aromatic carbocycles. The van der Waals surface area contributed by atoms with Gasteiger partial charge in [0, 0.05) is 0 Å². The SMILES string of the molecule is CC12OC(C)(c3c1c(O)n(-c1ccc(C#N)c(C(F)(F)F)c1)c3O)[C@H](O)[C@H]2O. The smallest absolute Gasteiger partial charge is 0.417 e. The fourth-order valence-corrected chi connectivity index (χ4v) is 4.30. The number of benzene rings is 1. The molecule has 0 radical (unpaired) electrons. The minimum atomic E-state index is -4.82. The molecule has 1 fully saturated rings. The second-order valence-corrected chi connectivity index (χ2v) is 7.28. The number of aliphatic hydroxyl groups is 2. The fraction of sp³-hybridized carbons (Fsp3) is 0.389. The number of hydrogen-bond donors (Lipinski definition) is 4. The fourth-order valence-electron chi connectivity index (χ4n) is 4.30. The Balaban J connectivity index is 1.99. The summed E-state index contributed by atoms with van der Waals surface area (Å²) < 4.78 is 46.3. The minimum absolute atomic E-state index is 0.0109. The molecule has 28 heavy (non-hydrogen) atoms. The molecule has 0 amide bonds. The van der Waals surface area contributed by atoms with E-state index in [9.17, 15) is 33.6 Å². The van der Waals surface area contributed by atoms with Crippen LogP contribution in [0.25, 0.3) is 5.69 Å². The largest absolute Gasteiger partial charge is 0.494 e. The summed E-state index contributed by atoms with van der Waals surface area (Å²) in [5, 5.41) is 50.9. The molecule has 2 aliphatic heterocycles. The quantitative estimate of drug-likeness (QED) is 0.585. The van der Waals surface area contributed by atoms with Gasteiger partial charge in [-0.3, -0.25) is 4.57 Å². The first-order chi connectivity index (χ1) is 12.9. The molecule has 1 aromatic heterocycles. The first-order valence-electron chi connectivity index (χ1n) is 8.23. The number of aliphatic hydroxyl groups excluding tert-OH is 2. The van der Waals surface area contributed by atoms with E-state index in [1.807, 2.05) is 0 Å². The zero-order valence-corrected chi connectivity index (χ0v) is 14.6. The molecule has 1 saturated heterocycles. The molecule has 0 spiro atoms. The molecule has 7 nitrogen and oxygen atoms in total. The van der Waals surface area contributed by atoms with E-state index < -0.39 is 52.5 Å². The van der Waals surface area contributed by atoms with Gasteiger partial charge in [0.05, 0.1) is 34.0 Å². The highest BCUT2D eigenvalue weighted by molar-refractivity contribution is 5.63. The summed E-state index contributed by atoms with van der Waals surface area (Å²) in [4.78, 5) is 0. The lowest BCUT2D eigenvalue weighted by Crippen LogP contribution is -2.44. The molecule has 2 aromatic rings. The normalized spacial score (nSPS) is 31.1. The van der Waals surface area contributed by atoms with Crippen molar-refractivity contribution in [3.05, 3.63) is 40.5 Å². The molecule has 10 heteroatoms. The van der Waals surface area contributed by atoms with Gasteiger partial charge in [-0.2, -0.15) is 18.4 Å². The molecule has 4 atom stereocenters. The third kappa shape index (κ3) is 1.98. The minimum Gasteiger partial charge on any atom is -0.494 e. The van der Waals surface area contributed by atoms with E-state index in [4.69, 9.17) is 10.00 Å². The standard InChI is InChI=1S/C18H15F3N2O5/c1-16-10-11(17(2,28-16)13(25)12(16)24)15(27)23(14(10)26)8-4-3-7(6-22)9(5-8)18(19,20)21/h3-5,12-13,24-27H,1-2H3/t12-,13-,16?,17?/m1/s1. The van der Waals surface area contributed by atoms with Crippen LogP contribution >= 0.6 is 0 Å². The maximum atomic E-state index is 13.3.